The van der Waals surface area contributed by atoms with E-state index in [0.717, 1.165) is 42.6 Å². The van der Waals surface area contributed by atoms with Crippen molar-refractivity contribution in [1.82, 2.24) is 29.6 Å². The third-order valence-electron chi connectivity index (χ3n) is 6.09. The van der Waals surface area contributed by atoms with Gasteiger partial charge in [0.15, 0.2) is 0 Å². The van der Waals surface area contributed by atoms with Crippen LogP contribution in [0.3, 0.4) is 0 Å². The molecule has 1 atom stereocenters. The first-order chi connectivity index (χ1) is 14.1. The monoisotopic (exact) mass is 390 g/mol. The van der Waals surface area contributed by atoms with Crippen molar-refractivity contribution in [1.29, 1.82) is 0 Å². The molecule has 0 bridgehead atoms. The molecule has 8 nitrogen and oxygen atoms in total. The fourth-order valence-corrected chi connectivity index (χ4v) is 4.67. The van der Waals surface area contributed by atoms with Gasteiger partial charge >= 0.3 is 0 Å². The number of rotatable bonds is 3. The number of carbonyl (C=O) groups is 1. The summed E-state index contributed by atoms with van der Waals surface area (Å²) in [4.78, 5) is 39.4. The van der Waals surface area contributed by atoms with Crippen molar-refractivity contribution < 1.29 is 4.79 Å². The predicted octanol–water partition coefficient (Wildman–Crippen LogP) is 1.53. The number of piperidine rings is 1. The molecule has 1 aliphatic heterocycles. The van der Waals surface area contributed by atoms with Gasteiger partial charge in [0.1, 0.15) is 12.4 Å². The summed E-state index contributed by atoms with van der Waals surface area (Å²) in [6.07, 6.45) is 10.3. The van der Waals surface area contributed by atoms with Crippen LogP contribution in [0.5, 0.6) is 0 Å². The van der Waals surface area contributed by atoms with Gasteiger partial charge in [0.2, 0.25) is 5.91 Å². The highest BCUT2D eigenvalue weighted by Gasteiger charge is 2.45. The van der Waals surface area contributed by atoms with E-state index in [1.54, 1.807) is 29.5 Å². The Bertz CT molecular complexity index is 1090. The van der Waals surface area contributed by atoms with Crippen molar-refractivity contribution in [3.8, 4) is 11.4 Å². The predicted molar refractivity (Wildman–Crippen MR) is 106 cm³/mol. The Morgan fingerprint density at radius 2 is 2.17 bits per heavy atom. The number of nitrogens with zero attached hydrogens (tertiary/aromatic N) is 5. The Balaban J connectivity index is 1.47. The third kappa shape index (κ3) is 3.14. The van der Waals surface area contributed by atoms with Crippen LogP contribution in [0.1, 0.15) is 30.5 Å². The van der Waals surface area contributed by atoms with Crippen LogP contribution in [0.15, 0.2) is 47.8 Å². The van der Waals surface area contributed by atoms with Crippen molar-refractivity contribution in [2.24, 2.45) is 0 Å². The zero-order valence-electron chi connectivity index (χ0n) is 16.0. The summed E-state index contributed by atoms with van der Waals surface area (Å²) < 4.78 is 1.65. The van der Waals surface area contributed by atoms with Gasteiger partial charge in [-0.1, -0.05) is 0 Å². The van der Waals surface area contributed by atoms with E-state index in [1.807, 2.05) is 23.1 Å². The highest BCUT2D eigenvalue weighted by Crippen LogP contribution is 2.43. The molecule has 3 aromatic heterocycles. The molecule has 1 spiro atoms. The maximum Gasteiger partial charge on any atom is 0.254 e. The van der Waals surface area contributed by atoms with E-state index in [9.17, 15) is 9.59 Å². The molecule has 8 heteroatoms. The average molecular weight is 390 g/mol. The second kappa shape index (κ2) is 6.95. The van der Waals surface area contributed by atoms with Crippen molar-refractivity contribution in [3.63, 3.8) is 0 Å². The molecule has 2 aliphatic rings. The highest BCUT2D eigenvalue weighted by atomic mass is 16.2. The number of H-pyrrole nitrogens is 1. The van der Waals surface area contributed by atoms with E-state index in [1.165, 1.54) is 0 Å². The average Bonchev–Trinajstić information content (AvgIpc) is 3.38. The largest absolute Gasteiger partial charge is 0.340 e. The molecule has 1 N–H and O–H groups in total. The van der Waals surface area contributed by atoms with Crippen molar-refractivity contribution in [3.05, 3.63) is 64.6 Å². The van der Waals surface area contributed by atoms with Gasteiger partial charge in [0.05, 0.1) is 5.69 Å². The molecular formula is C21H22N6O2. The molecular weight excluding hydrogens is 368 g/mol. The number of likely N-dealkylation sites (tertiary alicyclic amines) is 1. The quantitative estimate of drug-likeness (QED) is 0.732. The number of aromatic nitrogens is 5. The van der Waals surface area contributed by atoms with Gasteiger partial charge in [0, 0.05) is 54.4 Å². The van der Waals surface area contributed by atoms with Crippen LogP contribution in [0.2, 0.25) is 0 Å². The Labute approximate surface area is 167 Å². The summed E-state index contributed by atoms with van der Waals surface area (Å²) in [7, 11) is 0. The van der Waals surface area contributed by atoms with E-state index < -0.39 is 0 Å². The van der Waals surface area contributed by atoms with Crippen molar-refractivity contribution in [2.45, 2.75) is 37.6 Å². The Morgan fingerprint density at radius 3 is 2.97 bits per heavy atom. The van der Waals surface area contributed by atoms with Crippen LogP contribution in [0.25, 0.3) is 11.4 Å². The summed E-state index contributed by atoms with van der Waals surface area (Å²) in [6.45, 7) is 1.57. The van der Waals surface area contributed by atoms with E-state index in [-0.39, 0.29) is 23.4 Å². The molecule has 1 amide bonds. The molecule has 1 saturated heterocycles. The molecule has 148 valence electrons. The van der Waals surface area contributed by atoms with Gasteiger partial charge in [-0.05, 0) is 43.9 Å². The number of aromatic amines is 1. The zero-order chi connectivity index (χ0) is 19.8. The van der Waals surface area contributed by atoms with E-state index >= 15 is 0 Å². The number of amides is 1. The molecule has 0 radical (unpaired) electrons. The molecule has 3 aromatic rings. The SMILES string of the molecule is O=C(Cn1cccn1)N1CCCC2(CCc3c2nc(-c2cccnc2)[nH]c3=O)C1. The number of fused-ring (bicyclic) bond motifs is 2. The summed E-state index contributed by atoms with van der Waals surface area (Å²) in [5, 5.41) is 4.14. The second-order valence-corrected chi connectivity index (χ2v) is 7.89. The number of pyridine rings is 1. The van der Waals surface area contributed by atoms with Crippen LogP contribution in [0.4, 0.5) is 0 Å². The van der Waals surface area contributed by atoms with Gasteiger partial charge in [0.25, 0.3) is 5.56 Å². The molecule has 5 rings (SSSR count). The minimum absolute atomic E-state index is 0.0542. The lowest BCUT2D eigenvalue weighted by Crippen LogP contribution is -2.49. The van der Waals surface area contributed by atoms with E-state index in [0.29, 0.717) is 18.8 Å². The maximum atomic E-state index is 12.8. The number of hydrogen-bond donors (Lipinski definition) is 1. The normalized spacial score (nSPS) is 20.8. The lowest BCUT2D eigenvalue weighted by molar-refractivity contribution is -0.134. The van der Waals surface area contributed by atoms with Gasteiger partial charge < -0.3 is 9.88 Å². The summed E-state index contributed by atoms with van der Waals surface area (Å²) in [5.41, 5.74) is 2.08. The molecule has 1 fully saturated rings. The Hall–Kier alpha value is -3.29. The van der Waals surface area contributed by atoms with Crippen molar-refractivity contribution >= 4 is 5.91 Å². The lowest BCUT2D eigenvalue weighted by Gasteiger charge is -2.40. The molecule has 29 heavy (non-hydrogen) atoms. The highest BCUT2D eigenvalue weighted by molar-refractivity contribution is 5.76. The fourth-order valence-electron chi connectivity index (χ4n) is 4.67. The summed E-state index contributed by atoms with van der Waals surface area (Å²) in [5.74, 6) is 0.599. The molecule has 0 aromatic carbocycles. The fraction of sp³-hybridized carbons (Fsp3) is 0.381. The minimum atomic E-state index is -0.251. The topological polar surface area (TPSA) is 96.8 Å². The third-order valence-corrected chi connectivity index (χ3v) is 6.09. The zero-order valence-corrected chi connectivity index (χ0v) is 16.0. The summed E-state index contributed by atoms with van der Waals surface area (Å²) >= 11 is 0. The van der Waals surface area contributed by atoms with Crippen LogP contribution in [-0.4, -0.2) is 48.6 Å². The van der Waals surface area contributed by atoms with Gasteiger partial charge in [-0.2, -0.15) is 5.10 Å². The van der Waals surface area contributed by atoms with Gasteiger partial charge in [-0.15, -0.1) is 0 Å². The number of hydrogen-bond acceptors (Lipinski definition) is 5. The van der Waals surface area contributed by atoms with Gasteiger partial charge in [-0.3, -0.25) is 19.3 Å². The summed E-state index contributed by atoms with van der Waals surface area (Å²) in [6, 6.07) is 5.53. The minimum Gasteiger partial charge on any atom is -0.340 e. The van der Waals surface area contributed by atoms with E-state index in [2.05, 4.69) is 15.1 Å². The standard InChI is InChI=1S/C21H22N6O2/c28-17(13-27-11-3-9-23-27)26-10-2-6-21(14-26)7-5-16-18(21)24-19(25-20(16)29)15-4-1-8-22-12-15/h1,3-4,8-9,11-12H,2,5-7,10,13-14H2,(H,24,25,29). The Morgan fingerprint density at radius 1 is 1.24 bits per heavy atom. The van der Waals surface area contributed by atoms with Gasteiger partial charge in [-0.25, -0.2) is 4.98 Å². The maximum absolute atomic E-state index is 12.8. The first kappa shape index (κ1) is 17.8. The smallest absolute Gasteiger partial charge is 0.254 e. The lowest BCUT2D eigenvalue weighted by atomic mass is 9.77. The van der Waals surface area contributed by atoms with Crippen LogP contribution >= 0.6 is 0 Å². The molecule has 1 aliphatic carbocycles. The van der Waals surface area contributed by atoms with Crippen molar-refractivity contribution in [2.75, 3.05) is 13.1 Å². The number of nitrogens with one attached hydrogen (secondary N) is 1. The van der Waals surface area contributed by atoms with Crippen LogP contribution < -0.4 is 5.56 Å². The molecule has 1 unspecified atom stereocenters. The first-order valence-electron chi connectivity index (χ1n) is 9.94. The molecule has 4 heterocycles. The second-order valence-electron chi connectivity index (χ2n) is 7.89. The molecule has 0 saturated carbocycles. The number of carbonyl (C=O) groups excluding carboxylic acids is 1. The van der Waals surface area contributed by atoms with E-state index in [4.69, 9.17) is 4.98 Å². The van der Waals surface area contributed by atoms with Crippen LogP contribution in [0, 0.1) is 0 Å². The Kier molecular flexibility index (Phi) is 4.26. The van der Waals surface area contributed by atoms with Crippen LogP contribution in [-0.2, 0) is 23.2 Å². The first-order valence-corrected chi connectivity index (χ1v) is 9.94.